The lowest BCUT2D eigenvalue weighted by molar-refractivity contribution is -0.243. The van der Waals surface area contributed by atoms with Gasteiger partial charge in [0.15, 0.2) is 5.41 Å². The van der Waals surface area contributed by atoms with Crippen LogP contribution in [0.1, 0.15) is 31.7 Å². The molecule has 1 saturated carbocycles. The van der Waals surface area contributed by atoms with E-state index in [1.165, 1.54) is 0 Å². The van der Waals surface area contributed by atoms with Crippen LogP contribution in [-0.4, -0.2) is 17.7 Å². The van der Waals surface area contributed by atoms with E-state index in [4.69, 9.17) is 9.47 Å². The Morgan fingerprint density at radius 2 is 1.61 bits per heavy atom. The standard InChI is InChI=1S/C14H14O4/c1-13(2)17-11(15)14(12(16)18-13)8-10(14)9-6-4-3-5-7-9/h3-7,10H,8H2,1-2H3/t10-/m1/s1. The third kappa shape index (κ3) is 1.45. The molecule has 0 bridgehead atoms. The van der Waals surface area contributed by atoms with Crippen molar-refractivity contribution >= 4 is 11.9 Å². The van der Waals surface area contributed by atoms with E-state index in [1.54, 1.807) is 13.8 Å². The summed E-state index contributed by atoms with van der Waals surface area (Å²) in [4.78, 5) is 24.1. The SMILES string of the molecule is CC1(C)OC(=O)C2(C[C@@H]2c2ccccc2)C(=O)O1. The number of ether oxygens (including phenoxy) is 2. The van der Waals surface area contributed by atoms with E-state index in [-0.39, 0.29) is 5.92 Å². The molecule has 0 amide bonds. The summed E-state index contributed by atoms with van der Waals surface area (Å²) >= 11 is 0. The summed E-state index contributed by atoms with van der Waals surface area (Å²) in [5, 5.41) is 0. The third-order valence-electron chi connectivity index (χ3n) is 3.57. The molecule has 18 heavy (non-hydrogen) atoms. The summed E-state index contributed by atoms with van der Waals surface area (Å²) in [7, 11) is 0. The predicted octanol–water partition coefficient (Wildman–Crippen LogP) is 2.00. The molecule has 1 aliphatic heterocycles. The number of carbonyl (C=O) groups is 2. The van der Waals surface area contributed by atoms with Gasteiger partial charge in [0.05, 0.1) is 0 Å². The first kappa shape index (κ1) is 11.3. The lowest BCUT2D eigenvalue weighted by atomic mass is 9.98. The van der Waals surface area contributed by atoms with Crippen LogP contribution in [0.25, 0.3) is 0 Å². The fourth-order valence-corrected chi connectivity index (χ4v) is 2.53. The van der Waals surface area contributed by atoms with Gasteiger partial charge in [-0.2, -0.15) is 0 Å². The van der Waals surface area contributed by atoms with Crippen molar-refractivity contribution in [3.8, 4) is 0 Å². The van der Waals surface area contributed by atoms with Gasteiger partial charge in [-0.05, 0) is 12.0 Å². The molecule has 0 radical (unpaired) electrons. The fourth-order valence-electron chi connectivity index (χ4n) is 2.53. The van der Waals surface area contributed by atoms with Crippen molar-refractivity contribution < 1.29 is 19.1 Å². The summed E-state index contributed by atoms with van der Waals surface area (Å²) in [6.07, 6.45) is 0.477. The lowest BCUT2D eigenvalue weighted by Crippen LogP contribution is -2.48. The van der Waals surface area contributed by atoms with Crippen molar-refractivity contribution in [1.29, 1.82) is 0 Å². The zero-order valence-electron chi connectivity index (χ0n) is 10.3. The molecule has 1 saturated heterocycles. The van der Waals surface area contributed by atoms with Gasteiger partial charge in [-0.1, -0.05) is 30.3 Å². The van der Waals surface area contributed by atoms with Crippen LogP contribution in [-0.2, 0) is 19.1 Å². The number of esters is 2. The molecule has 1 heterocycles. The molecular weight excluding hydrogens is 232 g/mol. The second-order valence-electron chi connectivity index (χ2n) is 5.32. The van der Waals surface area contributed by atoms with Crippen molar-refractivity contribution in [3.05, 3.63) is 35.9 Å². The summed E-state index contributed by atoms with van der Waals surface area (Å²) < 4.78 is 10.4. The van der Waals surface area contributed by atoms with Crippen LogP contribution >= 0.6 is 0 Å². The zero-order valence-corrected chi connectivity index (χ0v) is 10.3. The predicted molar refractivity (Wildman–Crippen MR) is 62.5 cm³/mol. The van der Waals surface area contributed by atoms with Crippen molar-refractivity contribution in [2.24, 2.45) is 5.41 Å². The van der Waals surface area contributed by atoms with Crippen LogP contribution in [0.4, 0.5) is 0 Å². The molecule has 0 N–H and O–H groups in total. The van der Waals surface area contributed by atoms with E-state index >= 15 is 0 Å². The number of hydrogen-bond acceptors (Lipinski definition) is 4. The molecule has 94 valence electrons. The highest BCUT2D eigenvalue weighted by Gasteiger charge is 2.72. The smallest absolute Gasteiger partial charge is 0.327 e. The Labute approximate surface area is 105 Å². The maximum Gasteiger partial charge on any atom is 0.327 e. The molecule has 0 aromatic heterocycles. The first-order chi connectivity index (χ1) is 8.46. The molecular formula is C14H14O4. The molecule has 3 rings (SSSR count). The van der Waals surface area contributed by atoms with Crippen LogP contribution in [0.3, 0.4) is 0 Å². The molecule has 1 atom stereocenters. The van der Waals surface area contributed by atoms with Gasteiger partial charge in [-0.25, -0.2) is 0 Å². The molecule has 4 nitrogen and oxygen atoms in total. The average Bonchev–Trinajstić information content (AvgIpc) is 3.03. The van der Waals surface area contributed by atoms with Crippen molar-refractivity contribution in [1.82, 2.24) is 0 Å². The molecule has 4 heteroatoms. The Hall–Kier alpha value is -1.84. The molecule has 1 aliphatic carbocycles. The van der Waals surface area contributed by atoms with Crippen molar-refractivity contribution in [2.45, 2.75) is 32.0 Å². The Balaban J connectivity index is 1.91. The van der Waals surface area contributed by atoms with E-state index in [0.29, 0.717) is 6.42 Å². The number of rotatable bonds is 1. The summed E-state index contributed by atoms with van der Waals surface area (Å²) in [6.45, 7) is 3.13. The Morgan fingerprint density at radius 3 is 2.17 bits per heavy atom. The van der Waals surface area contributed by atoms with Crippen LogP contribution in [0, 0.1) is 5.41 Å². The van der Waals surface area contributed by atoms with Crippen LogP contribution in [0.5, 0.6) is 0 Å². The summed E-state index contributed by atoms with van der Waals surface area (Å²) in [5.74, 6) is -2.19. The van der Waals surface area contributed by atoms with E-state index in [0.717, 1.165) is 5.56 Å². The minimum Gasteiger partial charge on any atom is -0.422 e. The second-order valence-corrected chi connectivity index (χ2v) is 5.32. The van der Waals surface area contributed by atoms with Crippen LogP contribution in [0.15, 0.2) is 30.3 Å². The van der Waals surface area contributed by atoms with Gasteiger partial charge in [0.1, 0.15) is 0 Å². The van der Waals surface area contributed by atoms with E-state index in [2.05, 4.69) is 0 Å². The number of carbonyl (C=O) groups excluding carboxylic acids is 2. The Kier molecular flexibility index (Phi) is 2.09. The minimum atomic E-state index is -1.15. The van der Waals surface area contributed by atoms with Gasteiger partial charge in [0.2, 0.25) is 0 Å². The molecule has 1 aromatic carbocycles. The first-order valence-electron chi connectivity index (χ1n) is 5.97. The molecule has 2 aliphatic rings. The van der Waals surface area contributed by atoms with Gasteiger partial charge in [-0.15, -0.1) is 0 Å². The van der Waals surface area contributed by atoms with E-state index in [1.807, 2.05) is 30.3 Å². The molecule has 1 aromatic rings. The number of hydrogen-bond donors (Lipinski definition) is 0. The van der Waals surface area contributed by atoms with Gasteiger partial charge >= 0.3 is 11.9 Å². The largest absolute Gasteiger partial charge is 0.422 e. The highest BCUT2D eigenvalue weighted by atomic mass is 16.7. The van der Waals surface area contributed by atoms with E-state index < -0.39 is 23.1 Å². The molecule has 0 unspecified atom stereocenters. The average molecular weight is 246 g/mol. The first-order valence-corrected chi connectivity index (χ1v) is 5.97. The second kappa shape index (κ2) is 3.34. The Bertz CT molecular complexity index is 498. The quantitative estimate of drug-likeness (QED) is 0.561. The lowest BCUT2D eigenvalue weighted by Gasteiger charge is -2.33. The maximum absolute atomic E-state index is 12.1. The number of cyclic esters (lactones) is 2. The number of benzene rings is 1. The third-order valence-corrected chi connectivity index (χ3v) is 3.57. The highest BCUT2D eigenvalue weighted by Crippen LogP contribution is 2.62. The van der Waals surface area contributed by atoms with Gasteiger partial charge in [0.25, 0.3) is 5.79 Å². The minimum absolute atomic E-state index is 0.116. The van der Waals surface area contributed by atoms with E-state index in [9.17, 15) is 9.59 Å². The molecule has 2 fully saturated rings. The normalized spacial score (nSPS) is 27.6. The van der Waals surface area contributed by atoms with Gasteiger partial charge < -0.3 is 9.47 Å². The van der Waals surface area contributed by atoms with Crippen LogP contribution < -0.4 is 0 Å². The fraction of sp³-hybridized carbons (Fsp3) is 0.429. The van der Waals surface area contributed by atoms with Crippen molar-refractivity contribution in [3.63, 3.8) is 0 Å². The monoisotopic (exact) mass is 246 g/mol. The van der Waals surface area contributed by atoms with Gasteiger partial charge in [0, 0.05) is 19.8 Å². The summed E-state index contributed by atoms with van der Waals surface area (Å²) in [6, 6.07) is 9.52. The van der Waals surface area contributed by atoms with Crippen LogP contribution in [0.2, 0.25) is 0 Å². The van der Waals surface area contributed by atoms with Gasteiger partial charge in [-0.3, -0.25) is 9.59 Å². The maximum atomic E-state index is 12.1. The summed E-state index contributed by atoms with van der Waals surface area (Å²) in [5.41, 5.74) is -0.122. The zero-order chi connectivity index (χ0) is 13.0. The Morgan fingerprint density at radius 1 is 1.06 bits per heavy atom. The topological polar surface area (TPSA) is 52.6 Å². The highest BCUT2D eigenvalue weighted by molar-refractivity contribution is 6.06. The van der Waals surface area contributed by atoms with Crippen molar-refractivity contribution in [2.75, 3.05) is 0 Å². The molecule has 1 spiro atoms.